The maximum Gasteiger partial charge on any atom is 0.272 e. The second-order valence-electron chi connectivity index (χ2n) is 5.85. The number of aromatic nitrogens is 2. The molecule has 126 valence electrons. The summed E-state index contributed by atoms with van der Waals surface area (Å²) >= 11 is 0. The summed E-state index contributed by atoms with van der Waals surface area (Å²) in [5, 5.41) is 3.16. The van der Waals surface area contributed by atoms with E-state index < -0.39 is 0 Å². The van der Waals surface area contributed by atoms with E-state index in [0.717, 1.165) is 16.8 Å². The molecule has 3 aromatic rings. The zero-order valence-corrected chi connectivity index (χ0v) is 14.3. The topological polar surface area (TPSA) is 58.1 Å². The van der Waals surface area contributed by atoms with E-state index in [4.69, 9.17) is 0 Å². The molecule has 0 fully saturated rings. The summed E-state index contributed by atoms with van der Waals surface area (Å²) in [6, 6.07) is 19.4. The minimum Gasteiger partial charge on any atom is -0.336 e. The van der Waals surface area contributed by atoms with Crippen molar-refractivity contribution in [3.8, 4) is 0 Å². The number of hydrogen-bond acceptors (Lipinski definition) is 4. The Hall–Kier alpha value is -3.21. The Morgan fingerprint density at radius 3 is 2.52 bits per heavy atom. The SMILES string of the molecule is Cc1ccccc1Nc1nccc(C(=O)N(C)Cc2ccccc2)n1. The van der Waals surface area contributed by atoms with Crippen molar-refractivity contribution in [2.24, 2.45) is 0 Å². The van der Waals surface area contributed by atoms with Crippen LogP contribution in [0.3, 0.4) is 0 Å². The molecule has 0 aliphatic rings. The van der Waals surface area contributed by atoms with Crippen molar-refractivity contribution in [1.82, 2.24) is 14.9 Å². The normalized spacial score (nSPS) is 10.3. The van der Waals surface area contributed by atoms with Crippen molar-refractivity contribution in [2.45, 2.75) is 13.5 Å². The van der Waals surface area contributed by atoms with E-state index in [1.54, 1.807) is 24.2 Å². The maximum absolute atomic E-state index is 12.6. The van der Waals surface area contributed by atoms with Crippen LogP contribution in [0.25, 0.3) is 0 Å². The molecule has 5 heteroatoms. The van der Waals surface area contributed by atoms with Crippen LogP contribution >= 0.6 is 0 Å². The molecule has 25 heavy (non-hydrogen) atoms. The van der Waals surface area contributed by atoms with Gasteiger partial charge in [-0.05, 0) is 30.2 Å². The Kier molecular flexibility index (Phi) is 5.04. The smallest absolute Gasteiger partial charge is 0.272 e. The molecule has 0 spiro atoms. The molecule has 0 saturated carbocycles. The van der Waals surface area contributed by atoms with Crippen LogP contribution in [0, 0.1) is 6.92 Å². The van der Waals surface area contributed by atoms with Gasteiger partial charge in [-0.15, -0.1) is 0 Å². The Labute approximate surface area is 147 Å². The Balaban J connectivity index is 1.74. The summed E-state index contributed by atoms with van der Waals surface area (Å²) in [5.74, 6) is 0.271. The van der Waals surface area contributed by atoms with Crippen LogP contribution in [0.5, 0.6) is 0 Å². The van der Waals surface area contributed by atoms with Crippen molar-refractivity contribution < 1.29 is 4.79 Å². The minimum absolute atomic E-state index is 0.140. The second-order valence-corrected chi connectivity index (χ2v) is 5.85. The quantitative estimate of drug-likeness (QED) is 0.772. The van der Waals surface area contributed by atoms with Gasteiger partial charge in [0.15, 0.2) is 0 Å². The molecular weight excluding hydrogens is 312 g/mol. The third-order valence-electron chi connectivity index (χ3n) is 3.88. The fraction of sp³-hybridized carbons (Fsp3) is 0.150. The Morgan fingerprint density at radius 2 is 1.76 bits per heavy atom. The molecule has 1 heterocycles. The van der Waals surface area contributed by atoms with Crippen LogP contribution in [-0.4, -0.2) is 27.8 Å². The fourth-order valence-corrected chi connectivity index (χ4v) is 2.50. The molecule has 1 amide bonds. The highest BCUT2D eigenvalue weighted by atomic mass is 16.2. The number of para-hydroxylation sites is 1. The van der Waals surface area contributed by atoms with E-state index in [2.05, 4.69) is 15.3 Å². The molecule has 0 unspecified atom stereocenters. The summed E-state index contributed by atoms with van der Waals surface area (Å²) < 4.78 is 0. The first-order valence-electron chi connectivity index (χ1n) is 8.08. The van der Waals surface area contributed by atoms with E-state index in [1.807, 2.05) is 61.5 Å². The van der Waals surface area contributed by atoms with Gasteiger partial charge < -0.3 is 10.2 Å². The van der Waals surface area contributed by atoms with Crippen LogP contribution in [0.2, 0.25) is 0 Å². The van der Waals surface area contributed by atoms with E-state index in [-0.39, 0.29) is 5.91 Å². The average Bonchev–Trinajstić information content (AvgIpc) is 2.64. The molecule has 1 aromatic heterocycles. The molecule has 0 atom stereocenters. The van der Waals surface area contributed by atoms with Gasteiger partial charge in [-0.3, -0.25) is 4.79 Å². The third kappa shape index (κ3) is 4.20. The zero-order chi connectivity index (χ0) is 17.6. The highest BCUT2D eigenvalue weighted by Crippen LogP contribution is 2.17. The number of carbonyl (C=O) groups excluding carboxylic acids is 1. The number of anilines is 2. The zero-order valence-electron chi connectivity index (χ0n) is 14.3. The van der Waals surface area contributed by atoms with Crippen molar-refractivity contribution in [1.29, 1.82) is 0 Å². The largest absolute Gasteiger partial charge is 0.336 e. The summed E-state index contributed by atoms with van der Waals surface area (Å²) in [7, 11) is 1.77. The molecule has 1 N–H and O–H groups in total. The minimum atomic E-state index is -0.140. The fourth-order valence-electron chi connectivity index (χ4n) is 2.50. The lowest BCUT2D eigenvalue weighted by molar-refractivity contribution is 0.0779. The molecule has 0 saturated heterocycles. The van der Waals surface area contributed by atoms with Gasteiger partial charge in [0.2, 0.25) is 5.95 Å². The van der Waals surface area contributed by atoms with E-state index >= 15 is 0 Å². The first kappa shape index (κ1) is 16.6. The van der Waals surface area contributed by atoms with Gasteiger partial charge in [-0.25, -0.2) is 9.97 Å². The predicted molar refractivity (Wildman–Crippen MR) is 98.7 cm³/mol. The van der Waals surface area contributed by atoms with Crippen LogP contribution in [-0.2, 0) is 6.54 Å². The average molecular weight is 332 g/mol. The number of hydrogen-bond donors (Lipinski definition) is 1. The molecular formula is C20H20N4O. The Morgan fingerprint density at radius 1 is 1.04 bits per heavy atom. The van der Waals surface area contributed by atoms with Crippen LogP contribution < -0.4 is 5.32 Å². The summed E-state index contributed by atoms with van der Waals surface area (Å²) in [5.41, 5.74) is 3.45. The third-order valence-corrected chi connectivity index (χ3v) is 3.88. The lowest BCUT2D eigenvalue weighted by Gasteiger charge is -2.17. The molecule has 5 nitrogen and oxygen atoms in total. The second kappa shape index (κ2) is 7.57. The number of aryl methyl sites for hydroxylation is 1. The monoisotopic (exact) mass is 332 g/mol. The highest BCUT2D eigenvalue weighted by Gasteiger charge is 2.14. The number of nitrogens with zero attached hydrogens (tertiary/aromatic N) is 3. The standard InChI is InChI=1S/C20H20N4O/c1-15-8-6-7-11-17(15)22-20-21-13-12-18(23-20)19(25)24(2)14-16-9-4-3-5-10-16/h3-13H,14H2,1-2H3,(H,21,22,23). The summed E-state index contributed by atoms with van der Waals surface area (Å²) in [6.07, 6.45) is 1.59. The molecule has 3 rings (SSSR count). The van der Waals surface area contributed by atoms with Gasteiger partial charge in [-0.2, -0.15) is 0 Å². The van der Waals surface area contributed by atoms with Gasteiger partial charge in [0, 0.05) is 25.5 Å². The van der Waals surface area contributed by atoms with Crippen LogP contribution in [0.15, 0.2) is 66.9 Å². The van der Waals surface area contributed by atoms with E-state index in [9.17, 15) is 4.79 Å². The number of rotatable bonds is 5. The highest BCUT2D eigenvalue weighted by molar-refractivity contribution is 5.92. The summed E-state index contributed by atoms with van der Waals surface area (Å²) in [4.78, 5) is 22.8. The molecule has 0 aliphatic carbocycles. The van der Waals surface area contributed by atoms with Crippen LogP contribution in [0.1, 0.15) is 21.6 Å². The first-order chi connectivity index (χ1) is 12.1. The van der Waals surface area contributed by atoms with Gasteiger partial charge in [-0.1, -0.05) is 48.5 Å². The number of amides is 1. The Bertz CT molecular complexity index is 864. The van der Waals surface area contributed by atoms with Gasteiger partial charge in [0.05, 0.1) is 0 Å². The molecule has 0 radical (unpaired) electrons. The number of nitrogens with one attached hydrogen (secondary N) is 1. The molecule has 0 aliphatic heterocycles. The van der Waals surface area contributed by atoms with Crippen molar-refractivity contribution in [3.05, 3.63) is 83.7 Å². The predicted octanol–water partition coefficient (Wildman–Crippen LogP) is 3.80. The van der Waals surface area contributed by atoms with Crippen molar-refractivity contribution in [3.63, 3.8) is 0 Å². The first-order valence-corrected chi connectivity index (χ1v) is 8.08. The van der Waals surface area contributed by atoms with Crippen molar-refractivity contribution in [2.75, 3.05) is 12.4 Å². The molecule has 0 bridgehead atoms. The number of carbonyl (C=O) groups is 1. The number of benzene rings is 2. The lowest BCUT2D eigenvalue weighted by atomic mass is 10.2. The van der Waals surface area contributed by atoms with E-state index in [0.29, 0.717) is 18.2 Å². The van der Waals surface area contributed by atoms with Gasteiger partial charge >= 0.3 is 0 Å². The van der Waals surface area contributed by atoms with Crippen molar-refractivity contribution >= 4 is 17.5 Å². The van der Waals surface area contributed by atoms with Gasteiger partial charge in [0.1, 0.15) is 5.69 Å². The molecule has 2 aromatic carbocycles. The van der Waals surface area contributed by atoms with Crippen LogP contribution in [0.4, 0.5) is 11.6 Å². The van der Waals surface area contributed by atoms with E-state index in [1.165, 1.54) is 0 Å². The summed E-state index contributed by atoms with van der Waals surface area (Å²) in [6.45, 7) is 2.54. The maximum atomic E-state index is 12.6. The lowest BCUT2D eigenvalue weighted by Crippen LogP contribution is -2.27. The van der Waals surface area contributed by atoms with Gasteiger partial charge in [0.25, 0.3) is 5.91 Å².